The van der Waals surface area contributed by atoms with E-state index in [-0.39, 0.29) is 12.4 Å². The third-order valence-corrected chi connectivity index (χ3v) is 5.48. The van der Waals surface area contributed by atoms with Gasteiger partial charge in [0, 0.05) is 0 Å². The van der Waals surface area contributed by atoms with E-state index in [9.17, 15) is 0 Å². The number of nitrogens with two attached hydrogens (primary N) is 1. The van der Waals surface area contributed by atoms with Gasteiger partial charge in [0.25, 0.3) is 0 Å². The van der Waals surface area contributed by atoms with Crippen LogP contribution in [0.2, 0.25) is 0 Å². The molecule has 0 aromatic carbocycles. The molecule has 0 bridgehead atoms. The molecule has 0 saturated carbocycles. The molecule has 2 N–H and O–H groups in total. The molecule has 0 aliphatic carbocycles. The molecule has 3 heteroatoms. The molecule has 2 nitrogen and oxygen atoms in total. The lowest BCUT2D eigenvalue weighted by Gasteiger charge is -2.22. The highest BCUT2D eigenvalue weighted by Gasteiger charge is 2.05. The Morgan fingerprint density at radius 3 is 0.857 bits per heavy atom. The smallest absolute Gasteiger partial charge is 0.00187 e. The Morgan fingerprint density at radius 1 is 0.393 bits per heavy atom. The lowest BCUT2D eigenvalue weighted by atomic mass is 10.1. The zero-order chi connectivity index (χ0) is 20.4. The second kappa shape index (κ2) is 31.9. The normalized spacial score (nSPS) is 10.5. The monoisotopic (exact) mass is 420 g/mol. The summed E-state index contributed by atoms with van der Waals surface area (Å²) in [4.78, 5) is 2.79. The maximum absolute atomic E-state index is 4.50. The van der Waals surface area contributed by atoms with E-state index in [0.717, 1.165) is 0 Å². The van der Waals surface area contributed by atoms with Crippen molar-refractivity contribution in [1.29, 1.82) is 0 Å². The predicted molar refractivity (Wildman–Crippen MR) is 134 cm³/mol. The van der Waals surface area contributed by atoms with E-state index in [4.69, 9.17) is 0 Å². The van der Waals surface area contributed by atoms with Gasteiger partial charge in [-0.15, -0.1) is 12.4 Å². The number of hydrogen-bond acceptors (Lipinski definition) is 2. The first kappa shape index (κ1) is 32.9. The summed E-state index contributed by atoms with van der Waals surface area (Å²) in [5.74, 6) is 0. The Bertz CT molecular complexity index is 199. The fourth-order valence-corrected chi connectivity index (χ4v) is 3.68. The summed E-state index contributed by atoms with van der Waals surface area (Å²) in [6, 6.07) is 0. The van der Waals surface area contributed by atoms with Crippen LogP contribution in [0.1, 0.15) is 136 Å². The number of halogens is 1. The Hall–Kier alpha value is 0.210. The second-order valence-electron chi connectivity index (χ2n) is 8.14. The van der Waals surface area contributed by atoms with Crippen LogP contribution < -0.4 is 5.73 Å². The molecule has 0 aromatic heterocycles. The number of rotatable bonds is 21. The molecule has 28 heavy (non-hydrogen) atoms. The van der Waals surface area contributed by atoms with Crippen LogP contribution in [-0.2, 0) is 0 Å². The third-order valence-electron chi connectivity index (χ3n) is 5.48. The van der Waals surface area contributed by atoms with Gasteiger partial charge in [0.05, 0.1) is 0 Å². The van der Waals surface area contributed by atoms with Gasteiger partial charge in [0.2, 0.25) is 0 Å². The van der Waals surface area contributed by atoms with Crippen LogP contribution in [0, 0.1) is 0 Å². The first-order valence-electron chi connectivity index (χ1n) is 12.6. The minimum absolute atomic E-state index is 0. The molecule has 0 rings (SSSR count). The second-order valence-corrected chi connectivity index (χ2v) is 8.14. The lowest BCUT2D eigenvalue weighted by molar-refractivity contribution is 0.254. The van der Waals surface area contributed by atoms with Crippen molar-refractivity contribution in [2.24, 2.45) is 5.73 Å². The first-order valence-corrected chi connectivity index (χ1v) is 12.6. The number of nitrogens with zero attached hydrogens (tertiary/aromatic N) is 1. The van der Waals surface area contributed by atoms with Crippen LogP contribution in [0.25, 0.3) is 0 Å². The Balaban J connectivity index is -0.00000201. The van der Waals surface area contributed by atoms with Crippen LogP contribution in [0.15, 0.2) is 0 Å². The summed E-state index contributed by atoms with van der Waals surface area (Å²) in [7, 11) is 1.50. The number of unbranched alkanes of at least 4 members (excludes halogenated alkanes) is 15. The molecule has 0 aromatic rings. The van der Waals surface area contributed by atoms with Crippen molar-refractivity contribution in [3.05, 3.63) is 0 Å². The summed E-state index contributed by atoms with van der Waals surface area (Å²) in [6.07, 6.45) is 25.7. The third kappa shape index (κ3) is 28.4. The van der Waals surface area contributed by atoms with Crippen molar-refractivity contribution in [3.8, 4) is 0 Å². The summed E-state index contributed by atoms with van der Waals surface area (Å²) in [6.45, 7) is 11.0. The summed E-state index contributed by atoms with van der Waals surface area (Å²) < 4.78 is 0. The fourth-order valence-electron chi connectivity index (χ4n) is 3.68. The van der Waals surface area contributed by atoms with E-state index < -0.39 is 0 Å². The first-order chi connectivity index (χ1) is 13.3. The zero-order valence-electron chi connectivity index (χ0n) is 20.3. The minimum Gasteiger partial charge on any atom is -0.333 e. The molecule has 0 atom stereocenters. The molecule has 0 unspecified atom stereocenters. The summed E-state index contributed by atoms with van der Waals surface area (Å²) in [5, 5.41) is 0. The number of hydrogen-bond donors (Lipinski definition) is 1. The van der Waals surface area contributed by atoms with Gasteiger partial charge >= 0.3 is 0 Å². The van der Waals surface area contributed by atoms with Gasteiger partial charge in [0.1, 0.15) is 0 Å². The molecule has 0 fully saturated rings. The largest absolute Gasteiger partial charge is 0.333 e. The minimum atomic E-state index is 0. The highest BCUT2D eigenvalue weighted by molar-refractivity contribution is 5.85. The molecular formula is C25H57ClN2. The van der Waals surface area contributed by atoms with Gasteiger partial charge in [-0.1, -0.05) is 117 Å². The van der Waals surface area contributed by atoms with Crippen LogP contribution in [-0.4, -0.2) is 31.6 Å². The molecule has 0 radical (unpaired) electrons. The SMILES string of the molecule is CCCCCCCCN(CCCCCCCC)CCCCCCCC.CN.Cl. The van der Waals surface area contributed by atoms with Gasteiger partial charge in [-0.25, -0.2) is 0 Å². The van der Waals surface area contributed by atoms with Gasteiger partial charge in [0.15, 0.2) is 0 Å². The van der Waals surface area contributed by atoms with E-state index in [0.29, 0.717) is 0 Å². The molecule has 174 valence electrons. The van der Waals surface area contributed by atoms with Crippen molar-refractivity contribution in [2.45, 2.75) is 136 Å². The average molecular weight is 421 g/mol. The molecule has 0 spiro atoms. The Kier molecular flexibility index (Phi) is 37.4. The van der Waals surface area contributed by atoms with Crippen LogP contribution in [0.4, 0.5) is 0 Å². The predicted octanol–water partition coefficient (Wildman–Crippen LogP) is 8.37. The quantitative estimate of drug-likeness (QED) is 0.189. The Labute approximate surface area is 186 Å². The standard InChI is InChI=1S/C24H51N.CH5N.ClH/c1-4-7-10-13-16-19-22-25(23-20-17-14-11-8-5-2)24-21-18-15-12-9-6-3;1-2;/h4-24H2,1-3H3;2H2,1H3;1H. The highest BCUT2D eigenvalue weighted by Crippen LogP contribution is 2.11. The van der Waals surface area contributed by atoms with E-state index in [2.05, 4.69) is 31.4 Å². The molecule has 0 amide bonds. The van der Waals surface area contributed by atoms with Gasteiger partial charge < -0.3 is 10.6 Å². The summed E-state index contributed by atoms with van der Waals surface area (Å²) in [5.41, 5.74) is 4.50. The van der Waals surface area contributed by atoms with E-state index in [1.165, 1.54) is 142 Å². The van der Waals surface area contributed by atoms with Crippen molar-refractivity contribution in [1.82, 2.24) is 4.90 Å². The zero-order valence-corrected chi connectivity index (χ0v) is 21.1. The molecular weight excluding hydrogens is 364 g/mol. The van der Waals surface area contributed by atoms with Crippen molar-refractivity contribution >= 4 is 12.4 Å². The Morgan fingerprint density at radius 2 is 0.607 bits per heavy atom. The van der Waals surface area contributed by atoms with Crippen LogP contribution in [0.5, 0.6) is 0 Å². The van der Waals surface area contributed by atoms with Crippen molar-refractivity contribution in [3.63, 3.8) is 0 Å². The van der Waals surface area contributed by atoms with Crippen molar-refractivity contribution in [2.75, 3.05) is 26.7 Å². The molecule has 0 aliphatic heterocycles. The van der Waals surface area contributed by atoms with Crippen LogP contribution in [0.3, 0.4) is 0 Å². The summed E-state index contributed by atoms with van der Waals surface area (Å²) >= 11 is 0. The average Bonchev–Trinajstić information content (AvgIpc) is 2.70. The van der Waals surface area contributed by atoms with Gasteiger partial charge in [-0.2, -0.15) is 0 Å². The maximum Gasteiger partial charge on any atom is -0.00187 e. The van der Waals surface area contributed by atoms with Gasteiger partial charge in [-0.05, 0) is 45.9 Å². The molecule has 0 heterocycles. The lowest BCUT2D eigenvalue weighted by Crippen LogP contribution is -2.27. The van der Waals surface area contributed by atoms with E-state index in [1.807, 2.05) is 0 Å². The van der Waals surface area contributed by atoms with E-state index >= 15 is 0 Å². The van der Waals surface area contributed by atoms with Crippen molar-refractivity contribution < 1.29 is 0 Å². The fraction of sp³-hybridized carbons (Fsp3) is 1.00. The maximum atomic E-state index is 4.50. The highest BCUT2D eigenvalue weighted by atomic mass is 35.5. The van der Waals surface area contributed by atoms with E-state index in [1.54, 1.807) is 0 Å². The van der Waals surface area contributed by atoms with Crippen LogP contribution >= 0.6 is 12.4 Å². The van der Waals surface area contributed by atoms with Gasteiger partial charge in [-0.3, -0.25) is 0 Å². The molecule has 0 saturated heterocycles. The topological polar surface area (TPSA) is 29.3 Å². The molecule has 0 aliphatic rings.